The number of hydrogen-bond donors (Lipinski definition) is 2. The summed E-state index contributed by atoms with van der Waals surface area (Å²) < 4.78 is 0. The molecule has 1 aromatic rings. The number of rotatable bonds is 4. The van der Waals surface area contributed by atoms with Crippen molar-refractivity contribution < 1.29 is 19.8 Å². The molecule has 30 heavy (non-hydrogen) atoms. The van der Waals surface area contributed by atoms with Gasteiger partial charge in [0, 0.05) is 17.9 Å². The Morgan fingerprint density at radius 3 is 2.30 bits per heavy atom. The van der Waals surface area contributed by atoms with Gasteiger partial charge in [-0.3, -0.25) is 4.79 Å². The molecule has 6 heteroatoms. The first-order chi connectivity index (χ1) is 14.4. The molecule has 0 aromatic carbocycles. The van der Waals surface area contributed by atoms with Crippen molar-refractivity contribution in [1.29, 1.82) is 0 Å². The minimum atomic E-state index is -1.000. The number of carboxylic acid groups (broad SMARTS) is 1. The summed E-state index contributed by atoms with van der Waals surface area (Å²) in [6, 6.07) is 1.76. The molecule has 3 aliphatic carbocycles. The Hall–Kier alpha value is -1.84. The van der Waals surface area contributed by atoms with Crippen molar-refractivity contribution in [3.63, 3.8) is 0 Å². The standard InChI is InChI=1S/C24H31NO4S/c1-15-2-7-17(8-3-15)23(27)25(18-9-11-19(26)12-10-18)21-14-20(13-6-16-4-5-16)30-22(21)24(28)29/h14-19,26H,2-5,7-12H2,1H3,(H,28,29)/t15?,17?,18-,19-. The Morgan fingerprint density at radius 2 is 1.70 bits per heavy atom. The van der Waals surface area contributed by atoms with Crippen molar-refractivity contribution in [2.75, 3.05) is 4.90 Å². The first-order valence-electron chi connectivity index (χ1n) is 11.3. The smallest absolute Gasteiger partial charge is 0.348 e. The van der Waals surface area contributed by atoms with Crippen molar-refractivity contribution >= 4 is 28.9 Å². The number of hydrogen-bond acceptors (Lipinski definition) is 4. The van der Waals surface area contributed by atoms with Crippen LogP contribution in [0.2, 0.25) is 0 Å². The maximum absolute atomic E-state index is 13.7. The van der Waals surface area contributed by atoms with Crippen molar-refractivity contribution in [1.82, 2.24) is 0 Å². The molecule has 0 bridgehead atoms. The van der Waals surface area contributed by atoms with Crippen LogP contribution in [-0.2, 0) is 4.79 Å². The average Bonchev–Trinajstić information content (AvgIpc) is 3.47. The Morgan fingerprint density at radius 1 is 1.03 bits per heavy atom. The van der Waals surface area contributed by atoms with E-state index in [1.165, 1.54) is 11.3 Å². The molecule has 0 unspecified atom stereocenters. The fourth-order valence-electron chi connectivity index (χ4n) is 4.69. The molecule has 2 N–H and O–H groups in total. The van der Waals surface area contributed by atoms with E-state index in [0.717, 1.165) is 43.4 Å². The molecule has 1 amide bonds. The highest BCUT2D eigenvalue weighted by Gasteiger charge is 2.37. The van der Waals surface area contributed by atoms with Crippen LogP contribution in [0.3, 0.4) is 0 Å². The van der Waals surface area contributed by atoms with Gasteiger partial charge in [0.25, 0.3) is 0 Å². The van der Waals surface area contributed by atoms with Gasteiger partial charge in [-0.2, -0.15) is 0 Å². The van der Waals surface area contributed by atoms with Crippen molar-refractivity contribution in [3.8, 4) is 11.8 Å². The molecule has 0 radical (unpaired) electrons. The first kappa shape index (κ1) is 21.4. The van der Waals surface area contributed by atoms with Gasteiger partial charge >= 0.3 is 5.97 Å². The summed E-state index contributed by atoms with van der Waals surface area (Å²) in [7, 11) is 0. The van der Waals surface area contributed by atoms with E-state index in [9.17, 15) is 19.8 Å². The van der Waals surface area contributed by atoms with E-state index in [1.54, 1.807) is 4.90 Å². The molecule has 162 valence electrons. The zero-order chi connectivity index (χ0) is 21.3. The zero-order valence-corrected chi connectivity index (χ0v) is 18.4. The number of carbonyl (C=O) groups excluding carboxylic acids is 1. The minimum Gasteiger partial charge on any atom is -0.477 e. The molecular weight excluding hydrogens is 398 g/mol. The summed E-state index contributed by atoms with van der Waals surface area (Å²) in [6.45, 7) is 2.23. The lowest BCUT2D eigenvalue weighted by Crippen LogP contribution is -2.47. The Balaban J connectivity index is 1.67. The highest BCUT2D eigenvalue weighted by atomic mass is 32.1. The quantitative estimate of drug-likeness (QED) is 0.682. The van der Waals surface area contributed by atoms with Crippen LogP contribution < -0.4 is 4.90 Å². The van der Waals surface area contributed by atoms with Gasteiger partial charge in [-0.25, -0.2) is 4.79 Å². The zero-order valence-electron chi connectivity index (χ0n) is 17.6. The van der Waals surface area contributed by atoms with Crippen LogP contribution in [0.1, 0.15) is 85.7 Å². The number of aromatic carboxylic acids is 1. The lowest BCUT2D eigenvalue weighted by Gasteiger charge is -2.38. The van der Waals surface area contributed by atoms with E-state index in [1.807, 2.05) is 6.07 Å². The van der Waals surface area contributed by atoms with E-state index in [4.69, 9.17) is 0 Å². The third kappa shape index (κ3) is 4.90. The number of thiophene rings is 1. The molecular formula is C24H31NO4S. The number of aliphatic hydroxyl groups is 1. The molecule has 0 atom stereocenters. The van der Waals surface area contributed by atoms with Crippen molar-refractivity contribution in [2.45, 2.75) is 83.3 Å². The van der Waals surface area contributed by atoms with Gasteiger partial charge < -0.3 is 15.1 Å². The molecule has 0 aliphatic heterocycles. The summed E-state index contributed by atoms with van der Waals surface area (Å²) in [4.78, 5) is 28.5. The van der Waals surface area contributed by atoms with Gasteiger partial charge in [0.05, 0.1) is 16.7 Å². The van der Waals surface area contributed by atoms with Gasteiger partial charge in [-0.15, -0.1) is 11.3 Å². The molecule has 3 fully saturated rings. The third-order valence-corrected chi connectivity index (χ3v) is 7.80. The minimum absolute atomic E-state index is 0.0457. The van der Waals surface area contributed by atoms with Crippen LogP contribution in [0.25, 0.3) is 0 Å². The summed E-state index contributed by atoms with van der Waals surface area (Å²) in [5.74, 6) is 6.44. The van der Waals surface area contributed by atoms with Crippen LogP contribution in [0.5, 0.6) is 0 Å². The maximum atomic E-state index is 13.7. The van der Waals surface area contributed by atoms with E-state index < -0.39 is 5.97 Å². The molecule has 0 saturated heterocycles. The number of anilines is 1. The Labute approximate surface area is 182 Å². The van der Waals surface area contributed by atoms with Crippen molar-refractivity contribution in [3.05, 3.63) is 15.8 Å². The molecule has 4 rings (SSSR count). The number of amides is 1. The van der Waals surface area contributed by atoms with Crippen LogP contribution in [0, 0.1) is 29.6 Å². The number of nitrogens with zero attached hydrogens (tertiary/aromatic N) is 1. The van der Waals surface area contributed by atoms with E-state index >= 15 is 0 Å². The number of carboxylic acids is 1. The second-order valence-electron chi connectivity index (χ2n) is 9.30. The monoisotopic (exact) mass is 429 g/mol. The van der Waals surface area contributed by atoms with Gasteiger partial charge in [-0.1, -0.05) is 18.8 Å². The summed E-state index contributed by atoms with van der Waals surface area (Å²) >= 11 is 1.18. The van der Waals surface area contributed by atoms with Gasteiger partial charge in [-0.05, 0) is 76.2 Å². The van der Waals surface area contributed by atoms with Gasteiger partial charge in [0.1, 0.15) is 4.88 Å². The van der Waals surface area contributed by atoms with Crippen LogP contribution in [0.15, 0.2) is 6.07 Å². The molecule has 1 aromatic heterocycles. The first-order valence-corrected chi connectivity index (χ1v) is 12.1. The summed E-state index contributed by atoms with van der Waals surface area (Å²) in [5, 5.41) is 19.8. The van der Waals surface area contributed by atoms with Gasteiger partial charge in [0.15, 0.2) is 0 Å². The van der Waals surface area contributed by atoms with E-state index in [-0.39, 0.29) is 28.8 Å². The molecule has 1 heterocycles. The van der Waals surface area contributed by atoms with Gasteiger partial charge in [0.2, 0.25) is 5.91 Å². The average molecular weight is 430 g/mol. The Kier molecular flexibility index (Phi) is 6.50. The largest absolute Gasteiger partial charge is 0.477 e. The molecule has 0 spiro atoms. The van der Waals surface area contributed by atoms with Crippen molar-refractivity contribution in [2.24, 2.45) is 17.8 Å². The number of carbonyl (C=O) groups is 2. The molecule has 3 aliphatic rings. The second-order valence-corrected chi connectivity index (χ2v) is 10.4. The highest BCUT2D eigenvalue weighted by Crippen LogP contribution is 2.39. The maximum Gasteiger partial charge on any atom is 0.348 e. The molecule has 3 saturated carbocycles. The van der Waals surface area contributed by atoms with Crippen LogP contribution in [0.4, 0.5) is 5.69 Å². The second kappa shape index (κ2) is 9.11. The fraction of sp³-hybridized carbons (Fsp3) is 0.667. The summed E-state index contributed by atoms with van der Waals surface area (Å²) in [5.41, 5.74) is 0.512. The number of aliphatic hydroxyl groups excluding tert-OH is 1. The highest BCUT2D eigenvalue weighted by molar-refractivity contribution is 7.15. The Bertz CT molecular complexity index is 846. The van der Waals surface area contributed by atoms with Crippen LogP contribution >= 0.6 is 11.3 Å². The molecule has 5 nitrogen and oxygen atoms in total. The predicted octanol–water partition coefficient (Wildman–Crippen LogP) is 4.67. The van der Waals surface area contributed by atoms with E-state index in [2.05, 4.69) is 18.8 Å². The third-order valence-electron chi connectivity index (χ3n) is 6.78. The topological polar surface area (TPSA) is 77.8 Å². The summed E-state index contributed by atoms with van der Waals surface area (Å²) in [6.07, 6.45) is 8.44. The normalized spacial score (nSPS) is 29.0. The lowest BCUT2D eigenvalue weighted by atomic mass is 9.81. The van der Waals surface area contributed by atoms with Crippen LogP contribution in [-0.4, -0.2) is 34.2 Å². The fourth-order valence-corrected chi connectivity index (χ4v) is 5.54. The SMILES string of the molecule is CC1CCC(C(=O)N(c2cc(C#CC3CC3)sc2C(=O)O)[C@H]2CC[C@H](O)CC2)CC1. The van der Waals surface area contributed by atoms with E-state index in [0.29, 0.717) is 43.2 Å². The predicted molar refractivity (Wildman–Crippen MR) is 118 cm³/mol. The lowest BCUT2D eigenvalue weighted by molar-refractivity contribution is -0.124.